The lowest BCUT2D eigenvalue weighted by atomic mass is 10.2. The second-order valence-electron chi connectivity index (χ2n) is 4.70. The van der Waals surface area contributed by atoms with E-state index in [1.807, 2.05) is 32.0 Å². The molecule has 0 aliphatic heterocycles. The van der Waals surface area contributed by atoms with Crippen LogP contribution in [0.4, 0.5) is 0 Å². The molecular weight excluding hydrogens is 278 g/mol. The Morgan fingerprint density at radius 1 is 1.20 bits per heavy atom. The van der Waals surface area contributed by atoms with Gasteiger partial charge in [0.25, 0.3) is 0 Å². The van der Waals surface area contributed by atoms with E-state index in [1.165, 1.54) is 0 Å². The fourth-order valence-corrected chi connectivity index (χ4v) is 1.87. The lowest BCUT2D eigenvalue weighted by molar-refractivity contribution is 0.0553. The number of methoxy groups -OCH3 is 1. The van der Waals surface area contributed by atoms with Crippen LogP contribution in [0.5, 0.6) is 5.75 Å². The van der Waals surface area contributed by atoms with Crippen LogP contribution in [0.1, 0.15) is 19.4 Å². The van der Waals surface area contributed by atoms with E-state index < -0.39 is 0 Å². The molecule has 0 aromatic heterocycles. The largest absolute Gasteiger partial charge is 0.490 e. The molecule has 0 spiro atoms. The molecule has 1 N–H and O–H groups in total. The molecule has 0 atom stereocenters. The van der Waals surface area contributed by atoms with Gasteiger partial charge in [-0.2, -0.15) is 0 Å². The van der Waals surface area contributed by atoms with Crippen molar-refractivity contribution >= 4 is 11.6 Å². The smallest absolute Gasteiger partial charge is 0.138 e. The van der Waals surface area contributed by atoms with Crippen LogP contribution in [0.3, 0.4) is 0 Å². The molecule has 1 rings (SSSR count). The molecule has 0 aliphatic rings. The average Bonchev–Trinajstić information content (AvgIpc) is 2.41. The van der Waals surface area contributed by atoms with Gasteiger partial charge in [-0.3, -0.25) is 0 Å². The van der Waals surface area contributed by atoms with Gasteiger partial charge < -0.3 is 19.5 Å². The van der Waals surface area contributed by atoms with Crippen LogP contribution in [0.25, 0.3) is 0 Å². The number of hydrogen-bond acceptors (Lipinski definition) is 4. The Bertz CT molecular complexity index is 385. The first-order chi connectivity index (χ1) is 9.63. The Hall–Kier alpha value is -0.810. The maximum absolute atomic E-state index is 6.19. The van der Waals surface area contributed by atoms with Gasteiger partial charge in [0.05, 0.1) is 24.3 Å². The number of hydrogen-bond donors (Lipinski definition) is 1. The van der Waals surface area contributed by atoms with E-state index in [2.05, 4.69) is 5.32 Å². The number of nitrogens with one attached hydrogen (secondary N) is 1. The molecule has 20 heavy (non-hydrogen) atoms. The molecule has 0 amide bonds. The maximum Gasteiger partial charge on any atom is 0.138 e. The van der Waals surface area contributed by atoms with Crippen LogP contribution in [0.2, 0.25) is 5.02 Å². The molecule has 4 nitrogen and oxygen atoms in total. The monoisotopic (exact) mass is 301 g/mol. The van der Waals surface area contributed by atoms with E-state index in [4.69, 9.17) is 25.8 Å². The standard InChI is InChI=1S/C15H24ClNO3/c1-12(2)19-8-9-20-15-5-4-13(10-14(15)16)11-17-6-7-18-3/h4-5,10,12,17H,6-9,11H2,1-3H3. The summed E-state index contributed by atoms with van der Waals surface area (Å²) < 4.78 is 16.0. The second-order valence-corrected chi connectivity index (χ2v) is 5.11. The first-order valence-electron chi connectivity index (χ1n) is 6.86. The number of ether oxygens (including phenoxy) is 3. The van der Waals surface area contributed by atoms with Crippen molar-refractivity contribution in [2.45, 2.75) is 26.5 Å². The van der Waals surface area contributed by atoms with Crippen LogP contribution < -0.4 is 10.1 Å². The second kappa shape index (κ2) is 10.00. The highest BCUT2D eigenvalue weighted by molar-refractivity contribution is 6.32. The van der Waals surface area contributed by atoms with Crippen LogP contribution >= 0.6 is 11.6 Å². The molecule has 0 unspecified atom stereocenters. The van der Waals surface area contributed by atoms with Gasteiger partial charge >= 0.3 is 0 Å². The van der Waals surface area contributed by atoms with Crippen LogP contribution in [-0.4, -0.2) is 39.6 Å². The SMILES string of the molecule is COCCNCc1ccc(OCCOC(C)C)c(Cl)c1. The van der Waals surface area contributed by atoms with E-state index in [9.17, 15) is 0 Å². The lowest BCUT2D eigenvalue weighted by Crippen LogP contribution is -2.18. The Balaban J connectivity index is 2.35. The molecule has 5 heteroatoms. The van der Waals surface area contributed by atoms with Crippen molar-refractivity contribution in [3.8, 4) is 5.75 Å². The zero-order valence-electron chi connectivity index (χ0n) is 12.4. The summed E-state index contributed by atoms with van der Waals surface area (Å²) in [5.74, 6) is 0.694. The molecule has 0 saturated heterocycles. The third-order valence-electron chi connectivity index (χ3n) is 2.60. The Labute approximate surface area is 126 Å². The quantitative estimate of drug-likeness (QED) is 0.675. The summed E-state index contributed by atoms with van der Waals surface area (Å²) in [7, 11) is 1.69. The van der Waals surface area contributed by atoms with E-state index in [-0.39, 0.29) is 6.10 Å². The summed E-state index contributed by atoms with van der Waals surface area (Å²) in [6.07, 6.45) is 0.217. The highest BCUT2D eigenvalue weighted by Crippen LogP contribution is 2.25. The summed E-state index contributed by atoms with van der Waals surface area (Å²) in [6, 6.07) is 5.81. The molecule has 0 saturated carbocycles. The van der Waals surface area contributed by atoms with E-state index in [0.29, 0.717) is 30.6 Å². The summed E-state index contributed by atoms with van der Waals surface area (Å²) in [4.78, 5) is 0. The normalized spacial score (nSPS) is 11.1. The summed E-state index contributed by atoms with van der Waals surface area (Å²) >= 11 is 6.19. The maximum atomic E-state index is 6.19. The molecule has 0 aliphatic carbocycles. The van der Waals surface area contributed by atoms with Crippen molar-refractivity contribution in [1.29, 1.82) is 0 Å². The van der Waals surface area contributed by atoms with Crippen molar-refractivity contribution in [1.82, 2.24) is 5.32 Å². The summed E-state index contributed by atoms with van der Waals surface area (Å²) in [5, 5.41) is 3.90. The molecule has 0 fully saturated rings. The van der Waals surface area contributed by atoms with E-state index in [1.54, 1.807) is 7.11 Å². The first-order valence-corrected chi connectivity index (χ1v) is 7.23. The Kier molecular flexibility index (Phi) is 8.62. The number of benzene rings is 1. The summed E-state index contributed by atoms with van der Waals surface area (Å²) in [6.45, 7) is 7.35. The summed E-state index contributed by atoms with van der Waals surface area (Å²) in [5.41, 5.74) is 1.12. The minimum absolute atomic E-state index is 0.217. The molecule has 1 aromatic carbocycles. The topological polar surface area (TPSA) is 39.7 Å². The van der Waals surface area contributed by atoms with Crippen molar-refractivity contribution < 1.29 is 14.2 Å². The van der Waals surface area contributed by atoms with E-state index in [0.717, 1.165) is 18.7 Å². The lowest BCUT2D eigenvalue weighted by Gasteiger charge is -2.11. The van der Waals surface area contributed by atoms with Crippen LogP contribution in [0, 0.1) is 0 Å². The minimum Gasteiger partial charge on any atom is -0.490 e. The van der Waals surface area contributed by atoms with Gasteiger partial charge in [0, 0.05) is 20.2 Å². The molecule has 0 bridgehead atoms. The van der Waals surface area contributed by atoms with Gasteiger partial charge in [-0.25, -0.2) is 0 Å². The van der Waals surface area contributed by atoms with Gasteiger partial charge in [-0.1, -0.05) is 17.7 Å². The van der Waals surface area contributed by atoms with Crippen molar-refractivity contribution in [2.75, 3.05) is 33.5 Å². The Morgan fingerprint density at radius 2 is 2.00 bits per heavy atom. The molecule has 114 valence electrons. The van der Waals surface area contributed by atoms with Crippen LogP contribution in [-0.2, 0) is 16.0 Å². The number of rotatable bonds is 10. The minimum atomic E-state index is 0.217. The third-order valence-corrected chi connectivity index (χ3v) is 2.90. The predicted octanol–water partition coefficient (Wildman–Crippen LogP) is 2.88. The van der Waals surface area contributed by atoms with Crippen molar-refractivity contribution in [3.63, 3.8) is 0 Å². The fourth-order valence-electron chi connectivity index (χ4n) is 1.61. The highest BCUT2D eigenvalue weighted by Gasteiger charge is 2.03. The van der Waals surface area contributed by atoms with Gasteiger partial charge in [0.2, 0.25) is 0 Å². The third kappa shape index (κ3) is 7.10. The molecule has 1 aromatic rings. The van der Waals surface area contributed by atoms with Gasteiger partial charge in [0.1, 0.15) is 12.4 Å². The number of halogens is 1. The zero-order valence-corrected chi connectivity index (χ0v) is 13.2. The fraction of sp³-hybridized carbons (Fsp3) is 0.600. The van der Waals surface area contributed by atoms with Gasteiger partial charge in [-0.15, -0.1) is 0 Å². The predicted molar refractivity (Wildman–Crippen MR) is 81.6 cm³/mol. The van der Waals surface area contributed by atoms with Crippen molar-refractivity contribution in [3.05, 3.63) is 28.8 Å². The van der Waals surface area contributed by atoms with Gasteiger partial charge in [0.15, 0.2) is 0 Å². The first kappa shape index (κ1) is 17.2. The highest BCUT2D eigenvalue weighted by atomic mass is 35.5. The average molecular weight is 302 g/mol. The van der Waals surface area contributed by atoms with Gasteiger partial charge in [-0.05, 0) is 31.5 Å². The Morgan fingerprint density at radius 3 is 2.65 bits per heavy atom. The van der Waals surface area contributed by atoms with Crippen molar-refractivity contribution in [2.24, 2.45) is 0 Å². The molecule has 0 heterocycles. The molecular formula is C15H24ClNO3. The zero-order chi connectivity index (χ0) is 14.8. The van der Waals surface area contributed by atoms with Crippen LogP contribution in [0.15, 0.2) is 18.2 Å². The molecule has 0 radical (unpaired) electrons. The van der Waals surface area contributed by atoms with E-state index >= 15 is 0 Å².